The van der Waals surface area contributed by atoms with Gasteiger partial charge < -0.3 is 4.90 Å². The molecule has 0 amide bonds. The Morgan fingerprint density at radius 2 is 0.722 bits per heavy atom. The maximum Gasteiger partial charge on any atom is 0.0713 e. The van der Waals surface area contributed by atoms with E-state index in [1.165, 1.54) is 66.4 Å². The van der Waals surface area contributed by atoms with Crippen LogP contribution in [-0.2, 0) is 5.41 Å². The first kappa shape index (κ1) is 31.7. The molecule has 0 bridgehead atoms. The summed E-state index contributed by atoms with van der Waals surface area (Å²) in [6, 6.07) is 81.9. The quantitative estimate of drug-likeness (QED) is 0.161. The predicted molar refractivity (Wildman–Crippen MR) is 227 cm³/mol. The first-order valence-electron chi connectivity index (χ1n) is 18.7. The van der Waals surface area contributed by atoms with Crippen molar-refractivity contribution in [3.63, 3.8) is 0 Å². The topological polar surface area (TPSA) is 3.24 Å². The molecule has 0 saturated carbocycles. The molecular weight excluding hydrogens is 651 g/mol. The molecule has 0 saturated heterocycles. The zero-order valence-electron chi connectivity index (χ0n) is 29.8. The van der Waals surface area contributed by atoms with Gasteiger partial charge in [0.2, 0.25) is 0 Å². The van der Waals surface area contributed by atoms with E-state index in [4.69, 9.17) is 0 Å². The van der Waals surface area contributed by atoms with E-state index in [1.54, 1.807) is 0 Å². The Labute approximate surface area is 317 Å². The summed E-state index contributed by atoms with van der Waals surface area (Å²) in [7, 11) is 0. The highest BCUT2D eigenvalue weighted by atomic mass is 15.1. The lowest BCUT2D eigenvalue weighted by Crippen LogP contribution is -2.28. The normalized spacial score (nSPS) is 12.6. The number of nitrogens with zero attached hydrogens (tertiary/aromatic N) is 1. The molecule has 0 aromatic heterocycles. The molecule has 0 atom stereocenters. The smallest absolute Gasteiger partial charge is 0.0713 e. The molecule has 9 aromatic rings. The summed E-state index contributed by atoms with van der Waals surface area (Å²) in [6.45, 7) is 0. The lowest BCUT2D eigenvalue weighted by Gasteiger charge is -2.34. The van der Waals surface area contributed by atoms with Gasteiger partial charge in [-0.2, -0.15) is 0 Å². The van der Waals surface area contributed by atoms with E-state index >= 15 is 0 Å². The second-order valence-electron chi connectivity index (χ2n) is 14.1. The third kappa shape index (κ3) is 5.17. The Morgan fingerprint density at radius 1 is 0.278 bits per heavy atom. The monoisotopic (exact) mass is 687 g/mol. The predicted octanol–water partition coefficient (Wildman–Crippen LogP) is 14.0. The van der Waals surface area contributed by atoms with Gasteiger partial charge in [0.25, 0.3) is 0 Å². The van der Waals surface area contributed by atoms with E-state index in [9.17, 15) is 0 Å². The number of para-hydroxylation sites is 1. The van der Waals surface area contributed by atoms with E-state index < -0.39 is 5.41 Å². The van der Waals surface area contributed by atoms with Crippen molar-refractivity contribution in [2.75, 3.05) is 4.90 Å². The van der Waals surface area contributed by atoms with Crippen LogP contribution in [0.4, 0.5) is 17.1 Å². The number of benzene rings is 9. The Balaban J connectivity index is 1.17. The second kappa shape index (κ2) is 13.2. The largest absolute Gasteiger partial charge is 0.310 e. The fraction of sp³-hybridized carbons (Fsp3) is 0.0189. The van der Waals surface area contributed by atoms with E-state index in [0.717, 1.165) is 17.1 Å². The number of hydrogen-bond donors (Lipinski definition) is 0. The highest BCUT2D eigenvalue weighted by molar-refractivity contribution is 5.97. The molecule has 0 unspecified atom stereocenters. The minimum atomic E-state index is -0.471. The Kier molecular flexibility index (Phi) is 7.78. The van der Waals surface area contributed by atoms with Crippen LogP contribution in [0.3, 0.4) is 0 Å². The highest BCUT2D eigenvalue weighted by Crippen LogP contribution is 2.58. The lowest BCUT2D eigenvalue weighted by atomic mass is 9.67. The van der Waals surface area contributed by atoms with Crippen LogP contribution in [0.1, 0.15) is 22.3 Å². The molecule has 54 heavy (non-hydrogen) atoms. The van der Waals surface area contributed by atoms with Crippen molar-refractivity contribution >= 4 is 27.8 Å². The lowest BCUT2D eigenvalue weighted by molar-refractivity contribution is 0.769. The minimum absolute atomic E-state index is 0.471. The van der Waals surface area contributed by atoms with Gasteiger partial charge in [0.1, 0.15) is 0 Å². The third-order valence-electron chi connectivity index (χ3n) is 11.1. The molecule has 0 spiro atoms. The van der Waals surface area contributed by atoms with Crippen molar-refractivity contribution in [2.45, 2.75) is 5.41 Å². The van der Waals surface area contributed by atoms with Crippen molar-refractivity contribution in [2.24, 2.45) is 0 Å². The molecule has 0 N–H and O–H groups in total. The molecule has 1 nitrogen and oxygen atoms in total. The van der Waals surface area contributed by atoms with E-state index in [2.05, 4.69) is 229 Å². The van der Waals surface area contributed by atoms with Crippen LogP contribution < -0.4 is 4.90 Å². The van der Waals surface area contributed by atoms with Gasteiger partial charge in [-0.15, -0.1) is 0 Å². The van der Waals surface area contributed by atoms with Crippen LogP contribution in [0.25, 0.3) is 44.2 Å². The number of anilines is 3. The third-order valence-corrected chi connectivity index (χ3v) is 11.1. The number of rotatable bonds is 7. The Hall–Kier alpha value is -6.96. The standard InChI is InChI=1S/C53H37N/c1-5-17-38(18-6-1)47-27-15-16-28-48(47)39-29-31-45(32-30-39)54(44-25-11-4-12-26-44)46-33-34-51-50(37-46)49-35-40-19-13-14-20-41(40)36-52(49)53(51,42-21-7-2-8-22-42)43-23-9-3-10-24-43/h1-37H. The first-order valence-corrected chi connectivity index (χ1v) is 18.7. The fourth-order valence-electron chi connectivity index (χ4n) is 8.72. The van der Waals surface area contributed by atoms with Crippen molar-refractivity contribution < 1.29 is 0 Å². The first-order chi connectivity index (χ1) is 26.8. The molecule has 1 aliphatic carbocycles. The highest BCUT2D eigenvalue weighted by Gasteiger charge is 2.46. The van der Waals surface area contributed by atoms with Gasteiger partial charge in [0.05, 0.1) is 5.41 Å². The van der Waals surface area contributed by atoms with Crippen molar-refractivity contribution in [1.82, 2.24) is 0 Å². The maximum absolute atomic E-state index is 2.44. The average Bonchev–Trinajstić information content (AvgIpc) is 3.54. The summed E-state index contributed by atoms with van der Waals surface area (Å²) < 4.78 is 0. The summed E-state index contributed by atoms with van der Waals surface area (Å²) in [4.78, 5) is 2.39. The summed E-state index contributed by atoms with van der Waals surface area (Å²) >= 11 is 0. The zero-order chi connectivity index (χ0) is 35.9. The maximum atomic E-state index is 2.44. The molecular formula is C53H37N. The summed E-state index contributed by atoms with van der Waals surface area (Å²) in [5.41, 5.74) is 15.4. The van der Waals surface area contributed by atoms with Crippen LogP contribution >= 0.6 is 0 Å². The van der Waals surface area contributed by atoms with Gasteiger partial charge in [0, 0.05) is 17.1 Å². The molecule has 0 aliphatic heterocycles. The number of fused-ring (bicyclic) bond motifs is 4. The molecule has 0 radical (unpaired) electrons. The van der Waals surface area contributed by atoms with Crippen molar-refractivity contribution in [3.8, 4) is 33.4 Å². The van der Waals surface area contributed by atoms with Gasteiger partial charge in [-0.3, -0.25) is 0 Å². The summed E-state index contributed by atoms with van der Waals surface area (Å²) in [5, 5.41) is 2.50. The van der Waals surface area contributed by atoms with Gasteiger partial charge in [-0.1, -0.05) is 176 Å². The van der Waals surface area contributed by atoms with Gasteiger partial charge in [-0.25, -0.2) is 0 Å². The SMILES string of the molecule is c1ccc(-c2ccccc2-c2ccc(N(c3ccccc3)c3ccc4c(c3)-c3cc5ccccc5cc3C4(c3ccccc3)c3ccccc3)cc2)cc1. The molecule has 0 fully saturated rings. The van der Waals surface area contributed by atoms with Crippen LogP contribution in [0, 0.1) is 0 Å². The Morgan fingerprint density at radius 3 is 1.33 bits per heavy atom. The average molecular weight is 688 g/mol. The Bertz CT molecular complexity index is 2700. The van der Waals surface area contributed by atoms with E-state index in [-0.39, 0.29) is 0 Å². The summed E-state index contributed by atoms with van der Waals surface area (Å²) in [5.74, 6) is 0. The van der Waals surface area contributed by atoms with Crippen LogP contribution in [0.5, 0.6) is 0 Å². The van der Waals surface area contributed by atoms with Gasteiger partial charge in [0.15, 0.2) is 0 Å². The van der Waals surface area contributed by atoms with Crippen molar-refractivity contribution in [1.29, 1.82) is 0 Å². The number of hydrogen-bond acceptors (Lipinski definition) is 1. The molecule has 1 heteroatoms. The van der Waals surface area contributed by atoms with Crippen LogP contribution in [-0.4, -0.2) is 0 Å². The minimum Gasteiger partial charge on any atom is -0.310 e. The van der Waals surface area contributed by atoms with Crippen LogP contribution in [0.15, 0.2) is 224 Å². The second-order valence-corrected chi connectivity index (χ2v) is 14.1. The summed E-state index contributed by atoms with van der Waals surface area (Å²) in [6.07, 6.45) is 0. The molecule has 9 aromatic carbocycles. The van der Waals surface area contributed by atoms with E-state index in [0.29, 0.717) is 0 Å². The zero-order valence-corrected chi connectivity index (χ0v) is 29.8. The van der Waals surface area contributed by atoms with Crippen molar-refractivity contribution in [3.05, 3.63) is 247 Å². The van der Waals surface area contributed by atoms with Gasteiger partial charge in [-0.05, 0) is 115 Å². The molecule has 1 aliphatic rings. The van der Waals surface area contributed by atoms with Gasteiger partial charge >= 0.3 is 0 Å². The van der Waals surface area contributed by atoms with Crippen LogP contribution in [0.2, 0.25) is 0 Å². The molecule has 254 valence electrons. The van der Waals surface area contributed by atoms with E-state index in [1.807, 2.05) is 0 Å². The molecule has 10 rings (SSSR count). The fourth-order valence-corrected chi connectivity index (χ4v) is 8.72. The molecule has 0 heterocycles.